The van der Waals surface area contributed by atoms with Crippen molar-refractivity contribution in [2.45, 2.75) is 72.5 Å². The molecule has 7 heteroatoms. The number of alkyl halides is 3. The van der Waals surface area contributed by atoms with Gasteiger partial charge in [0.25, 0.3) is 0 Å². The van der Waals surface area contributed by atoms with Crippen LogP contribution in [0.2, 0.25) is 0 Å². The largest absolute Gasteiger partial charge is 0.417 e. The van der Waals surface area contributed by atoms with Crippen molar-refractivity contribution < 1.29 is 13.2 Å². The maximum atomic E-state index is 13.9. The zero-order valence-corrected chi connectivity index (χ0v) is 23.0. The molecule has 1 saturated heterocycles. The molecular formula is C31H37F3N4. The summed E-state index contributed by atoms with van der Waals surface area (Å²) in [7, 11) is 0. The molecule has 2 aliphatic heterocycles. The lowest BCUT2D eigenvalue weighted by Gasteiger charge is -2.41. The molecule has 0 spiro atoms. The van der Waals surface area contributed by atoms with Gasteiger partial charge in [0.05, 0.1) is 11.3 Å². The number of hydrogen-bond acceptors (Lipinski definition) is 4. The van der Waals surface area contributed by atoms with Crippen LogP contribution in [0.5, 0.6) is 0 Å². The maximum Gasteiger partial charge on any atom is 0.417 e. The highest BCUT2D eigenvalue weighted by molar-refractivity contribution is 5.67. The average molecular weight is 523 g/mol. The third-order valence-electron chi connectivity index (χ3n) is 7.95. The van der Waals surface area contributed by atoms with Gasteiger partial charge in [-0.2, -0.15) is 13.2 Å². The highest BCUT2D eigenvalue weighted by Gasteiger charge is 2.36. The number of hydrogen-bond donors (Lipinski definition) is 0. The van der Waals surface area contributed by atoms with E-state index in [1.807, 2.05) is 0 Å². The maximum absolute atomic E-state index is 13.9. The third kappa shape index (κ3) is 5.25. The fourth-order valence-corrected chi connectivity index (χ4v) is 5.84. The zero-order valence-electron chi connectivity index (χ0n) is 23.0. The van der Waals surface area contributed by atoms with Gasteiger partial charge in [-0.3, -0.25) is 0 Å². The van der Waals surface area contributed by atoms with E-state index in [1.165, 1.54) is 28.9 Å². The van der Waals surface area contributed by atoms with E-state index in [-0.39, 0.29) is 16.8 Å². The number of anilines is 2. The van der Waals surface area contributed by atoms with E-state index in [2.05, 4.69) is 62.6 Å². The Morgan fingerprint density at radius 1 is 0.974 bits per heavy atom. The number of benzene rings is 2. The second-order valence-corrected chi connectivity index (χ2v) is 11.9. The number of aryl methyl sites for hydroxylation is 1. The molecule has 0 N–H and O–H groups in total. The van der Waals surface area contributed by atoms with E-state index in [9.17, 15) is 13.2 Å². The van der Waals surface area contributed by atoms with Crippen LogP contribution >= 0.6 is 0 Å². The molecule has 0 radical (unpaired) electrons. The van der Waals surface area contributed by atoms with Gasteiger partial charge in [-0.05, 0) is 54.4 Å². The van der Waals surface area contributed by atoms with Crippen molar-refractivity contribution in [2.75, 3.05) is 29.4 Å². The highest BCUT2D eigenvalue weighted by atomic mass is 19.4. The number of nitrogens with zero attached hydrogens (tertiary/aromatic N) is 4. The van der Waals surface area contributed by atoms with Crippen molar-refractivity contribution in [3.63, 3.8) is 0 Å². The molecular weight excluding hydrogens is 485 g/mol. The molecule has 0 aliphatic carbocycles. The minimum Gasteiger partial charge on any atom is -0.366 e. The quantitative estimate of drug-likeness (QED) is 0.350. The summed E-state index contributed by atoms with van der Waals surface area (Å²) in [6.07, 6.45) is -1.67. The van der Waals surface area contributed by atoms with Crippen LogP contribution in [0, 0.1) is 12.3 Å². The second kappa shape index (κ2) is 9.90. The molecule has 5 rings (SSSR count). The summed E-state index contributed by atoms with van der Waals surface area (Å²) in [6, 6.07) is 12.3. The summed E-state index contributed by atoms with van der Waals surface area (Å²) in [6.45, 7) is 14.1. The SMILES string of the molecule is Cc1ccc(C(C)C)cc1N1CCc2nc(-c3ccccc3C(F)(F)F)nc(N3CCCC(C)(C)C3)c2C1. The topological polar surface area (TPSA) is 32.3 Å². The zero-order chi connectivity index (χ0) is 27.2. The molecule has 1 aromatic heterocycles. The standard InChI is InChI=1S/C31H37F3N4/c1-20(2)22-12-11-21(3)27(17-22)37-16-13-26-24(18-37)29(38-15-8-14-30(4,5)19-38)36-28(35-26)23-9-6-7-10-25(23)31(32,33)34/h6-7,9-12,17,20H,8,13-16,18-19H2,1-5H3. The highest BCUT2D eigenvalue weighted by Crippen LogP contribution is 2.40. The predicted molar refractivity (Wildman–Crippen MR) is 148 cm³/mol. The van der Waals surface area contributed by atoms with Crippen molar-refractivity contribution in [3.8, 4) is 11.4 Å². The molecule has 38 heavy (non-hydrogen) atoms. The predicted octanol–water partition coefficient (Wildman–Crippen LogP) is 7.78. The van der Waals surface area contributed by atoms with Crippen LogP contribution in [0.25, 0.3) is 11.4 Å². The molecule has 3 heterocycles. The Balaban J connectivity index is 1.62. The number of aromatic nitrogens is 2. The Kier molecular flexibility index (Phi) is 6.91. The lowest BCUT2D eigenvalue weighted by molar-refractivity contribution is -0.137. The normalized spacial score (nSPS) is 17.6. The summed E-state index contributed by atoms with van der Waals surface area (Å²) in [5, 5.41) is 0. The van der Waals surface area contributed by atoms with Crippen LogP contribution in [0.1, 0.15) is 74.4 Å². The monoisotopic (exact) mass is 522 g/mol. The molecule has 0 amide bonds. The van der Waals surface area contributed by atoms with Gasteiger partial charge in [-0.1, -0.05) is 58.0 Å². The Morgan fingerprint density at radius 3 is 2.45 bits per heavy atom. The van der Waals surface area contributed by atoms with E-state index in [0.29, 0.717) is 18.9 Å². The van der Waals surface area contributed by atoms with Crippen LogP contribution < -0.4 is 9.80 Å². The van der Waals surface area contributed by atoms with Crippen LogP contribution in [-0.2, 0) is 19.1 Å². The number of halogens is 3. The van der Waals surface area contributed by atoms with Crippen molar-refractivity contribution in [1.82, 2.24) is 9.97 Å². The van der Waals surface area contributed by atoms with Crippen molar-refractivity contribution in [3.05, 3.63) is 70.4 Å². The van der Waals surface area contributed by atoms with E-state index in [0.717, 1.165) is 55.6 Å². The summed E-state index contributed by atoms with van der Waals surface area (Å²) in [5.41, 5.74) is 5.08. The van der Waals surface area contributed by atoms with Crippen LogP contribution in [0.4, 0.5) is 24.7 Å². The van der Waals surface area contributed by atoms with Gasteiger partial charge in [-0.15, -0.1) is 0 Å². The van der Waals surface area contributed by atoms with Gasteiger partial charge < -0.3 is 9.80 Å². The molecule has 0 unspecified atom stereocenters. The lowest BCUT2D eigenvalue weighted by Crippen LogP contribution is -2.42. The van der Waals surface area contributed by atoms with Gasteiger partial charge in [0.1, 0.15) is 5.82 Å². The first-order valence-electron chi connectivity index (χ1n) is 13.6. The molecule has 2 aromatic carbocycles. The van der Waals surface area contributed by atoms with Gasteiger partial charge in [0, 0.05) is 49.4 Å². The smallest absolute Gasteiger partial charge is 0.366 e. The fourth-order valence-electron chi connectivity index (χ4n) is 5.84. The molecule has 0 saturated carbocycles. The molecule has 3 aromatic rings. The summed E-state index contributed by atoms with van der Waals surface area (Å²) < 4.78 is 41.8. The Labute approximate surface area is 223 Å². The van der Waals surface area contributed by atoms with E-state index >= 15 is 0 Å². The molecule has 2 aliphatic rings. The van der Waals surface area contributed by atoms with Gasteiger partial charge in [-0.25, -0.2) is 9.97 Å². The molecule has 1 fully saturated rings. The van der Waals surface area contributed by atoms with Crippen molar-refractivity contribution in [2.24, 2.45) is 5.41 Å². The van der Waals surface area contributed by atoms with E-state index < -0.39 is 11.7 Å². The van der Waals surface area contributed by atoms with Crippen LogP contribution in [0.3, 0.4) is 0 Å². The molecule has 0 atom stereocenters. The van der Waals surface area contributed by atoms with Crippen LogP contribution in [-0.4, -0.2) is 29.6 Å². The summed E-state index contributed by atoms with van der Waals surface area (Å²) in [5.74, 6) is 1.38. The van der Waals surface area contributed by atoms with E-state index in [1.54, 1.807) is 6.07 Å². The summed E-state index contributed by atoms with van der Waals surface area (Å²) >= 11 is 0. The van der Waals surface area contributed by atoms with Gasteiger partial charge >= 0.3 is 6.18 Å². The minimum atomic E-state index is -4.47. The first-order chi connectivity index (χ1) is 17.9. The van der Waals surface area contributed by atoms with Gasteiger partial charge in [0.15, 0.2) is 5.82 Å². The van der Waals surface area contributed by atoms with Crippen molar-refractivity contribution >= 4 is 11.5 Å². The Hall–Kier alpha value is -3.09. The average Bonchev–Trinajstić information content (AvgIpc) is 2.87. The third-order valence-corrected chi connectivity index (χ3v) is 7.95. The second-order valence-electron chi connectivity index (χ2n) is 11.9. The first-order valence-corrected chi connectivity index (χ1v) is 13.6. The Bertz CT molecular complexity index is 1330. The molecule has 202 valence electrons. The van der Waals surface area contributed by atoms with Crippen LogP contribution in [0.15, 0.2) is 42.5 Å². The fraction of sp³-hybridized carbons (Fsp3) is 0.484. The number of fused-ring (bicyclic) bond motifs is 1. The molecule has 0 bridgehead atoms. The van der Waals surface area contributed by atoms with Crippen molar-refractivity contribution in [1.29, 1.82) is 0 Å². The first kappa shape index (κ1) is 26.5. The molecule has 4 nitrogen and oxygen atoms in total. The lowest BCUT2D eigenvalue weighted by atomic mass is 9.84. The Morgan fingerprint density at radius 2 is 1.74 bits per heavy atom. The van der Waals surface area contributed by atoms with E-state index in [4.69, 9.17) is 9.97 Å². The van der Waals surface area contributed by atoms with Gasteiger partial charge in [0.2, 0.25) is 0 Å². The number of rotatable bonds is 4. The minimum absolute atomic E-state index is 0.0447. The summed E-state index contributed by atoms with van der Waals surface area (Å²) in [4.78, 5) is 14.4. The number of piperidine rings is 1.